The van der Waals surface area contributed by atoms with Gasteiger partial charge in [-0.3, -0.25) is 0 Å². The zero-order chi connectivity index (χ0) is 33.5. The van der Waals surface area contributed by atoms with E-state index in [9.17, 15) is 0 Å². The fraction of sp³-hybridized carbons (Fsp3) is 0. The first-order chi connectivity index (χ1) is 25.3. The lowest BCUT2D eigenvalue weighted by atomic mass is 10.1. The van der Waals surface area contributed by atoms with Crippen molar-refractivity contribution in [2.24, 2.45) is 0 Å². The van der Waals surface area contributed by atoms with Gasteiger partial charge in [-0.15, -0.1) is 22.7 Å². The Hall–Kier alpha value is -6.21. The normalized spacial score (nSPS) is 11.9. The number of nitrogens with zero attached hydrogens (tertiary/aromatic N) is 4. The molecule has 51 heavy (non-hydrogen) atoms. The third-order valence-corrected chi connectivity index (χ3v) is 12.1. The zero-order valence-electron chi connectivity index (χ0n) is 27.1. The van der Waals surface area contributed by atoms with Gasteiger partial charge in [-0.25, -0.2) is 15.0 Å². The van der Waals surface area contributed by atoms with Crippen LogP contribution in [-0.2, 0) is 0 Å². The molecule has 0 saturated heterocycles. The molecular weight excluding hydrogens is 661 g/mol. The number of fused-ring (bicyclic) bond motifs is 10. The van der Waals surface area contributed by atoms with Gasteiger partial charge in [0, 0.05) is 67.8 Å². The molecular formula is C45H26N4S2. The van der Waals surface area contributed by atoms with Gasteiger partial charge in [0.1, 0.15) is 0 Å². The first kappa shape index (κ1) is 28.6. The molecule has 6 heteroatoms. The summed E-state index contributed by atoms with van der Waals surface area (Å²) in [4.78, 5) is 15.3. The molecule has 11 aromatic rings. The zero-order valence-corrected chi connectivity index (χ0v) is 28.7. The van der Waals surface area contributed by atoms with Crippen molar-refractivity contribution >= 4 is 84.8 Å². The standard InChI is InChI=1S/C45H26N4S2/c1-3-13-27(14-4-1)43-46-44(28-15-5-2-6-16-28)48-45(47-43)29-25-35(40-31-18-8-11-21-36(31)51-39(40)26-29)49-33-20-10-7-17-30(33)41-34(49)23-24-38-42(41)32-19-9-12-22-37(32)50-38/h1-26H. The molecule has 0 spiro atoms. The van der Waals surface area contributed by atoms with Crippen molar-refractivity contribution in [2.75, 3.05) is 0 Å². The first-order valence-corrected chi connectivity index (χ1v) is 18.6. The second kappa shape index (κ2) is 11.2. The molecule has 0 aliphatic carbocycles. The minimum absolute atomic E-state index is 0.648. The van der Waals surface area contributed by atoms with Crippen molar-refractivity contribution in [1.82, 2.24) is 19.5 Å². The SMILES string of the molecule is c1ccc(-c2nc(-c3ccccc3)nc(-c3cc(-n4c5ccccc5c5c6c(ccc54)sc4ccccc46)c4c(c3)sc3ccccc34)n2)cc1. The second-order valence-electron chi connectivity index (χ2n) is 12.8. The molecule has 238 valence electrons. The molecule has 7 aromatic carbocycles. The molecule has 0 saturated carbocycles. The van der Waals surface area contributed by atoms with Crippen molar-refractivity contribution < 1.29 is 0 Å². The number of benzene rings is 7. The number of aromatic nitrogens is 4. The summed E-state index contributed by atoms with van der Waals surface area (Å²) in [7, 11) is 0. The summed E-state index contributed by atoms with van der Waals surface area (Å²) in [6, 6.07) is 55.9. The lowest BCUT2D eigenvalue weighted by Gasteiger charge is -2.14. The molecule has 4 nitrogen and oxygen atoms in total. The maximum absolute atomic E-state index is 5.15. The Morgan fingerprint density at radius 2 is 0.882 bits per heavy atom. The molecule has 0 aliphatic rings. The largest absolute Gasteiger partial charge is 0.309 e. The van der Waals surface area contributed by atoms with Crippen LogP contribution >= 0.6 is 22.7 Å². The second-order valence-corrected chi connectivity index (χ2v) is 15.0. The molecule has 0 aliphatic heterocycles. The highest BCUT2D eigenvalue weighted by molar-refractivity contribution is 7.26. The maximum Gasteiger partial charge on any atom is 0.164 e. The van der Waals surface area contributed by atoms with Crippen LogP contribution in [0.25, 0.3) is 102 Å². The Labute approximate surface area is 300 Å². The lowest BCUT2D eigenvalue weighted by Crippen LogP contribution is -2.01. The van der Waals surface area contributed by atoms with Gasteiger partial charge in [0.2, 0.25) is 0 Å². The highest BCUT2D eigenvalue weighted by atomic mass is 32.1. The summed E-state index contributed by atoms with van der Waals surface area (Å²) in [5.41, 5.74) is 6.34. The first-order valence-electron chi connectivity index (χ1n) is 16.9. The predicted octanol–water partition coefficient (Wildman–Crippen LogP) is 12.7. The monoisotopic (exact) mass is 686 g/mol. The van der Waals surface area contributed by atoms with Gasteiger partial charge < -0.3 is 4.57 Å². The number of hydrogen-bond acceptors (Lipinski definition) is 5. The topological polar surface area (TPSA) is 43.6 Å². The molecule has 0 unspecified atom stereocenters. The van der Waals surface area contributed by atoms with E-state index >= 15 is 0 Å². The maximum atomic E-state index is 5.15. The lowest BCUT2D eigenvalue weighted by molar-refractivity contribution is 1.07. The fourth-order valence-electron chi connectivity index (χ4n) is 7.61. The van der Waals surface area contributed by atoms with Crippen LogP contribution in [-0.4, -0.2) is 19.5 Å². The molecule has 0 bridgehead atoms. The molecule has 0 atom stereocenters. The van der Waals surface area contributed by atoms with Gasteiger partial charge in [0.15, 0.2) is 17.5 Å². The van der Waals surface area contributed by atoms with Crippen molar-refractivity contribution in [3.8, 4) is 39.9 Å². The van der Waals surface area contributed by atoms with Crippen molar-refractivity contribution in [1.29, 1.82) is 0 Å². The molecule has 0 amide bonds. The molecule has 11 rings (SSSR count). The highest BCUT2D eigenvalue weighted by Gasteiger charge is 2.22. The van der Waals surface area contributed by atoms with Crippen LogP contribution < -0.4 is 0 Å². The van der Waals surface area contributed by atoms with Gasteiger partial charge in [-0.2, -0.15) is 0 Å². The average Bonchev–Trinajstić information content (AvgIpc) is 3.87. The third-order valence-electron chi connectivity index (χ3n) is 9.83. The van der Waals surface area contributed by atoms with Crippen molar-refractivity contribution in [2.45, 2.75) is 0 Å². The predicted molar refractivity (Wildman–Crippen MR) is 216 cm³/mol. The number of para-hydroxylation sites is 1. The molecule has 4 aromatic heterocycles. The molecule has 4 heterocycles. The number of rotatable bonds is 4. The highest BCUT2D eigenvalue weighted by Crippen LogP contribution is 2.46. The van der Waals surface area contributed by atoms with E-state index in [4.69, 9.17) is 15.0 Å². The van der Waals surface area contributed by atoms with Crippen LogP contribution in [0.2, 0.25) is 0 Å². The van der Waals surface area contributed by atoms with E-state index in [2.05, 4.69) is 126 Å². The summed E-state index contributed by atoms with van der Waals surface area (Å²) in [5.74, 6) is 1.96. The van der Waals surface area contributed by atoms with Crippen LogP contribution in [0, 0.1) is 0 Å². The van der Waals surface area contributed by atoms with Crippen LogP contribution in [0.4, 0.5) is 0 Å². The van der Waals surface area contributed by atoms with E-state index in [1.54, 1.807) is 0 Å². The van der Waals surface area contributed by atoms with E-state index in [1.807, 2.05) is 59.1 Å². The minimum Gasteiger partial charge on any atom is -0.309 e. The molecule has 0 radical (unpaired) electrons. The van der Waals surface area contributed by atoms with E-state index in [0.717, 1.165) is 22.4 Å². The summed E-state index contributed by atoms with van der Waals surface area (Å²) in [6.45, 7) is 0. The van der Waals surface area contributed by atoms with E-state index in [0.29, 0.717) is 17.5 Å². The number of thiophene rings is 2. The van der Waals surface area contributed by atoms with Crippen LogP contribution in [0.3, 0.4) is 0 Å². The van der Waals surface area contributed by atoms with Gasteiger partial charge in [-0.05, 0) is 42.5 Å². The Bertz CT molecular complexity index is 3080. The third kappa shape index (κ3) is 4.40. The summed E-state index contributed by atoms with van der Waals surface area (Å²) in [5, 5.41) is 7.64. The quantitative estimate of drug-likeness (QED) is 0.185. The average molecular weight is 687 g/mol. The van der Waals surface area contributed by atoms with E-state index in [-0.39, 0.29) is 0 Å². The smallest absolute Gasteiger partial charge is 0.164 e. The van der Waals surface area contributed by atoms with Gasteiger partial charge in [-0.1, -0.05) is 115 Å². The van der Waals surface area contributed by atoms with Crippen LogP contribution in [0.15, 0.2) is 158 Å². The molecule has 0 N–H and O–H groups in total. The minimum atomic E-state index is 0.648. The Balaban J connectivity index is 1.26. The Morgan fingerprint density at radius 1 is 0.353 bits per heavy atom. The van der Waals surface area contributed by atoms with Crippen LogP contribution in [0.1, 0.15) is 0 Å². The summed E-state index contributed by atoms with van der Waals surface area (Å²) in [6.07, 6.45) is 0. The van der Waals surface area contributed by atoms with E-state index in [1.165, 1.54) is 62.2 Å². The summed E-state index contributed by atoms with van der Waals surface area (Å²) >= 11 is 3.68. The fourth-order valence-corrected chi connectivity index (χ4v) is 9.89. The summed E-state index contributed by atoms with van der Waals surface area (Å²) < 4.78 is 7.53. The number of hydrogen-bond donors (Lipinski definition) is 0. The van der Waals surface area contributed by atoms with Crippen LogP contribution in [0.5, 0.6) is 0 Å². The van der Waals surface area contributed by atoms with Crippen molar-refractivity contribution in [3.63, 3.8) is 0 Å². The van der Waals surface area contributed by atoms with Gasteiger partial charge in [0.05, 0.1) is 16.7 Å². The Morgan fingerprint density at radius 3 is 1.55 bits per heavy atom. The Kier molecular flexibility index (Phi) is 6.26. The van der Waals surface area contributed by atoms with E-state index < -0.39 is 0 Å². The van der Waals surface area contributed by atoms with Crippen molar-refractivity contribution in [3.05, 3.63) is 158 Å². The van der Waals surface area contributed by atoms with Gasteiger partial charge in [0.25, 0.3) is 0 Å². The van der Waals surface area contributed by atoms with Gasteiger partial charge >= 0.3 is 0 Å². The molecule has 0 fully saturated rings.